The number of nitrogens with one attached hydrogen (secondary N) is 1. The molecule has 1 aliphatic rings. The molecule has 0 spiro atoms. The van der Waals surface area contributed by atoms with Gasteiger partial charge in [-0.25, -0.2) is 18.7 Å². The van der Waals surface area contributed by atoms with Gasteiger partial charge in [0.05, 0.1) is 28.5 Å². The molecule has 1 aliphatic carbocycles. The van der Waals surface area contributed by atoms with Gasteiger partial charge in [0.25, 0.3) is 5.56 Å². The van der Waals surface area contributed by atoms with E-state index in [0.717, 1.165) is 38.8 Å². The largest absolute Gasteiger partial charge is 0.309 e. The van der Waals surface area contributed by atoms with Crippen LogP contribution in [-0.2, 0) is 19.4 Å². The fourth-order valence-electron chi connectivity index (χ4n) is 4.29. The molecule has 4 aromatic rings. The average Bonchev–Trinajstić information content (AvgIpc) is 3.36. The summed E-state index contributed by atoms with van der Waals surface area (Å²) in [6.45, 7) is 4.05. The zero-order chi connectivity index (χ0) is 22.4. The van der Waals surface area contributed by atoms with Crippen LogP contribution in [0.1, 0.15) is 46.1 Å². The van der Waals surface area contributed by atoms with E-state index in [4.69, 9.17) is 0 Å². The zero-order valence-corrected chi connectivity index (χ0v) is 19.3. The molecule has 1 N–H and O–H groups in total. The maximum Gasteiger partial charge on any atom is 0.262 e. The van der Waals surface area contributed by atoms with Gasteiger partial charge in [0, 0.05) is 28.4 Å². The quantitative estimate of drug-likeness (QED) is 0.455. The molecule has 0 fully saturated rings. The Balaban J connectivity index is 1.40. The topological polar surface area (TPSA) is 59.8 Å². The molecule has 0 amide bonds. The third-order valence-electron chi connectivity index (χ3n) is 6.11. The maximum absolute atomic E-state index is 13.9. The van der Waals surface area contributed by atoms with Gasteiger partial charge in [0.2, 0.25) is 0 Å². The van der Waals surface area contributed by atoms with E-state index in [1.807, 2.05) is 19.2 Å². The highest BCUT2D eigenvalue weighted by Gasteiger charge is 2.26. The fourth-order valence-corrected chi connectivity index (χ4v) is 6.25. The molecule has 0 unspecified atom stereocenters. The second-order valence-electron chi connectivity index (χ2n) is 8.13. The first-order valence-electron chi connectivity index (χ1n) is 10.5. The van der Waals surface area contributed by atoms with Gasteiger partial charge in [-0.3, -0.25) is 9.36 Å². The van der Waals surface area contributed by atoms with Crippen molar-refractivity contribution in [2.24, 2.45) is 0 Å². The minimum atomic E-state index is -0.537. The predicted octanol–water partition coefficient (Wildman–Crippen LogP) is 4.76. The molecule has 3 heterocycles. The number of rotatable bonds is 5. The van der Waals surface area contributed by atoms with Crippen LogP contribution >= 0.6 is 22.7 Å². The highest BCUT2D eigenvalue weighted by Crippen LogP contribution is 2.34. The van der Waals surface area contributed by atoms with Crippen LogP contribution in [0.5, 0.6) is 0 Å². The van der Waals surface area contributed by atoms with E-state index in [2.05, 4.69) is 15.3 Å². The first-order chi connectivity index (χ1) is 15.4. The second-order valence-corrected chi connectivity index (χ2v) is 10.3. The van der Waals surface area contributed by atoms with Crippen LogP contribution < -0.4 is 10.9 Å². The number of hydrogen-bond donors (Lipinski definition) is 1. The number of hydrogen-bond acceptors (Lipinski definition) is 6. The SMILES string of the molecule is Cc1nc([C@@H](C)n2cnc3sc4c(c3c2=O)CC[C@@H](NCc2c(F)cccc2F)C4)cs1. The molecule has 5 rings (SSSR count). The number of thiophene rings is 1. The molecule has 0 saturated heterocycles. The normalized spacial score (nSPS) is 16.9. The van der Waals surface area contributed by atoms with Crippen molar-refractivity contribution in [2.75, 3.05) is 0 Å². The first kappa shape index (κ1) is 21.4. The Morgan fingerprint density at radius 2 is 2.09 bits per heavy atom. The fraction of sp³-hybridized carbons (Fsp3) is 0.348. The number of fused-ring (bicyclic) bond motifs is 3. The van der Waals surface area contributed by atoms with Crippen molar-refractivity contribution >= 4 is 32.9 Å². The Morgan fingerprint density at radius 3 is 2.81 bits per heavy atom. The number of benzene rings is 1. The van der Waals surface area contributed by atoms with Gasteiger partial charge < -0.3 is 5.32 Å². The summed E-state index contributed by atoms with van der Waals surface area (Å²) in [5, 5.41) is 6.94. The summed E-state index contributed by atoms with van der Waals surface area (Å²) < 4.78 is 29.5. The van der Waals surface area contributed by atoms with E-state index in [0.29, 0.717) is 11.8 Å². The summed E-state index contributed by atoms with van der Waals surface area (Å²) in [5.74, 6) is -1.07. The molecule has 5 nitrogen and oxygen atoms in total. The van der Waals surface area contributed by atoms with E-state index in [1.165, 1.54) is 29.5 Å². The lowest BCUT2D eigenvalue weighted by molar-refractivity contribution is 0.445. The van der Waals surface area contributed by atoms with E-state index >= 15 is 0 Å². The number of thiazole rings is 1. The molecular formula is C23H22F2N4OS2. The van der Waals surface area contributed by atoms with Crippen molar-refractivity contribution in [3.05, 3.63) is 78.6 Å². The summed E-state index contributed by atoms with van der Waals surface area (Å²) >= 11 is 3.11. The molecule has 0 saturated carbocycles. The molecular weight excluding hydrogens is 450 g/mol. The van der Waals surface area contributed by atoms with Gasteiger partial charge in [0.15, 0.2) is 0 Å². The minimum Gasteiger partial charge on any atom is -0.309 e. The van der Waals surface area contributed by atoms with Crippen molar-refractivity contribution in [1.29, 1.82) is 0 Å². The highest BCUT2D eigenvalue weighted by molar-refractivity contribution is 7.18. The smallest absolute Gasteiger partial charge is 0.262 e. The summed E-state index contributed by atoms with van der Waals surface area (Å²) in [6, 6.07) is 3.82. The van der Waals surface area contributed by atoms with Gasteiger partial charge >= 0.3 is 0 Å². The summed E-state index contributed by atoms with van der Waals surface area (Å²) in [5.41, 5.74) is 1.95. The van der Waals surface area contributed by atoms with E-state index in [9.17, 15) is 13.6 Å². The number of aromatic nitrogens is 3. The number of halogens is 2. The summed E-state index contributed by atoms with van der Waals surface area (Å²) in [4.78, 5) is 24.3. The Labute approximate surface area is 191 Å². The van der Waals surface area contributed by atoms with Gasteiger partial charge in [-0.1, -0.05) is 6.07 Å². The summed E-state index contributed by atoms with van der Waals surface area (Å²) in [7, 11) is 0. The molecule has 0 bridgehead atoms. The standard InChI is InChI=1S/C23H22F2N4OS2/c1-12(19-10-31-13(2)28-19)29-11-27-22-21(23(29)30)15-7-6-14(8-20(15)32-22)26-9-16-17(24)4-3-5-18(16)25/h3-5,10-12,14,26H,6-9H2,1-2H3/t12-,14-/m1/s1. The minimum absolute atomic E-state index is 0.0366. The predicted molar refractivity (Wildman–Crippen MR) is 124 cm³/mol. The molecule has 166 valence electrons. The van der Waals surface area contributed by atoms with Gasteiger partial charge in [-0.05, 0) is 50.8 Å². The lowest BCUT2D eigenvalue weighted by atomic mass is 9.93. The summed E-state index contributed by atoms with van der Waals surface area (Å²) in [6.07, 6.45) is 3.86. The van der Waals surface area contributed by atoms with Crippen LogP contribution in [0.2, 0.25) is 0 Å². The lowest BCUT2D eigenvalue weighted by Gasteiger charge is -2.23. The molecule has 2 atom stereocenters. The number of aryl methyl sites for hydroxylation is 2. The van der Waals surface area contributed by atoms with Crippen molar-refractivity contribution in [3.63, 3.8) is 0 Å². The van der Waals surface area contributed by atoms with Crippen molar-refractivity contribution in [3.8, 4) is 0 Å². The molecule has 32 heavy (non-hydrogen) atoms. The maximum atomic E-state index is 13.9. The first-order valence-corrected chi connectivity index (χ1v) is 12.2. The third-order valence-corrected chi connectivity index (χ3v) is 8.06. The Morgan fingerprint density at radius 1 is 1.31 bits per heavy atom. The number of nitrogens with zero attached hydrogens (tertiary/aromatic N) is 3. The van der Waals surface area contributed by atoms with Crippen LogP contribution in [0, 0.1) is 18.6 Å². The zero-order valence-electron chi connectivity index (χ0n) is 17.7. The van der Waals surface area contributed by atoms with Crippen molar-refractivity contribution < 1.29 is 8.78 Å². The van der Waals surface area contributed by atoms with E-state index < -0.39 is 11.6 Å². The molecule has 1 aromatic carbocycles. The van der Waals surface area contributed by atoms with Crippen LogP contribution in [0.3, 0.4) is 0 Å². The average molecular weight is 473 g/mol. The van der Waals surface area contributed by atoms with Crippen molar-refractivity contribution in [1.82, 2.24) is 19.9 Å². The second kappa shape index (κ2) is 8.46. The van der Waals surface area contributed by atoms with Crippen molar-refractivity contribution in [2.45, 2.75) is 51.7 Å². The van der Waals surface area contributed by atoms with Crippen LogP contribution in [0.4, 0.5) is 8.78 Å². The van der Waals surface area contributed by atoms with Crippen LogP contribution in [-0.4, -0.2) is 20.6 Å². The van der Waals surface area contributed by atoms with Gasteiger partial charge in [-0.15, -0.1) is 22.7 Å². The highest BCUT2D eigenvalue weighted by atomic mass is 32.1. The van der Waals surface area contributed by atoms with E-state index in [1.54, 1.807) is 22.2 Å². The van der Waals surface area contributed by atoms with E-state index in [-0.39, 0.29) is 29.8 Å². The molecule has 0 radical (unpaired) electrons. The monoisotopic (exact) mass is 472 g/mol. The van der Waals surface area contributed by atoms with Crippen LogP contribution in [0.25, 0.3) is 10.2 Å². The lowest BCUT2D eigenvalue weighted by Crippen LogP contribution is -2.34. The molecule has 3 aromatic heterocycles. The Bertz CT molecular complexity index is 1340. The Hall–Kier alpha value is -2.49. The van der Waals surface area contributed by atoms with Crippen LogP contribution in [0.15, 0.2) is 34.7 Å². The molecule has 0 aliphatic heterocycles. The third kappa shape index (κ3) is 3.78. The van der Waals surface area contributed by atoms with Gasteiger partial charge in [0.1, 0.15) is 16.5 Å². The Kier molecular flexibility index (Phi) is 5.65. The van der Waals surface area contributed by atoms with Gasteiger partial charge in [-0.2, -0.15) is 0 Å². The molecule has 9 heteroatoms.